The van der Waals surface area contributed by atoms with E-state index in [9.17, 15) is 0 Å². The van der Waals surface area contributed by atoms with Gasteiger partial charge in [-0.3, -0.25) is 4.57 Å². The fourth-order valence-corrected chi connectivity index (χ4v) is 12.1. The Morgan fingerprint density at radius 3 is 1.25 bits per heavy atom. The predicted octanol–water partition coefficient (Wildman–Crippen LogP) is 14.6. The maximum atomic E-state index is 5.57. The molecule has 2 heteroatoms. The summed E-state index contributed by atoms with van der Waals surface area (Å²) in [4.78, 5) is 5.57. The van der Waals surface area contributed by atoms with Crippen LogP contribution in [0.3, 0.4) is 0 Å². The van der Waals surface area contributed by atoms with E-state index >= 15 is 0 Å². The molecule has 0 radical (unpaired) electrons. The molecule has 0 atom stereocenters. The van der Waals surface area contributed by atoms with Crippen molar-refractivity contribution in [2.75, 3.05) is 0 Å². The number of nitrogens with zero attached hydrogens (tertiary/aromatic N) is 2. The van der Waals surface area contributed by atoms with E-state index in [2.05, 4.69) is 235 Å². The monoisotopic (exact) mass is 798 g/mol. The zero-order valence-electron chi connectivity index (χ0n) is 34.3. The molecule has 3 aliphatic rings. The number of rotatable bonds is 3. The van der Waals surface area contributed by atoms with E-state index in [4.69, 9.17) is 4.98 Å². The molecule has 0 N–H and O–H groups in total. The molecule has 0 unspecified atom stereocenters. The Bertz CT molecular complexity index is 3540. The van der Waals surface area contributed by atoms with Gasteiger partial charge in [0.1, 0.15) is 5.82 Å². The minimum absolute atomic E-state index is 0.569. The number of pyridine rings is 1. The van der Waals surface area contributed by atoms with Crippen LogP contribution in [-0.2, 0) is 10.8 Å². The van der Waals surface area contributed by atoms with Gasteiger partial charge in [-0.25, -0.2) is 4.98 Å². The Morgan fingerprint density at radius 2 is 0.714 bits per heavy atom. The zero-order valence-corrected chi connectivity index (χ0v) is 34.3. The van der Waals surface area contributed by atoms with Crippen LogP contribution in [0.4, 0.5) is 0 Å². The van der Waals surface area contributed by atoms with E-state index in [0.29, 0.717) is 0 Å². The van der Waals surface area contributed by atoms with Crippen LogP contribution in [0.1, 0.15) is 44.5 Å². The highest BCUT2D eigenvalue weighted by atomic mass is 15.1. The van der Waals surface area contributed by atoms with E-state index in [1.165, 1.54) is 77.5 Å². The van der Waals surface area contributed by atoms with Crippen LogP contribution < -0.4 is 0 Å². The molecule has 0 aliphatic heterocycles. The quantitative estimate of drug-likeness (QED) is 0.174. The van der Waals surface area contributed by atoms with Gasteiger partial charge < -0.3 is 0 Å². The molecule has 2 spiro atoms. The lowest BCUT2D eigenvalue weighted by Crippen LogP contribution is -2.43. The van der Waals surface area contributed by atoms with Crippen molar-refractivity contribution in [3.8, 4) is 50.5 Å². The van der Waals surface area contributed by atoms with Crippen molar-refractivity contribution in [3.05, 3.63) is 275 Å². The van der Waals surface area contributed by atoms with Gasteiger partial charge in [-0.2, -0.15) is 0 Å². The van der Waals surface area contributed by atoms with Crippen LogP contribution in [0.25, 0.3) is 72.3 Å². The lowest BCUT2D eigenvalue weighted by molar-refractivity contribution is 0.634. The van der Waals surface area contributed by atoms with Crippen molar-refractivity contribution in [3.63, 3.8) is 0 Å². The van der Waals surface area contributed by atoms with Gasteiger partial charge in [0.15, 0.2) is 0 Å². The van der Waals surface area contributed by atoms with Crippen molar-refractivity contribution >= 4 is 21.8 Å². The topological polar surface area (TPSA) is 17.8 Å². The van der Waals surface area contributed by atoms with Crippen molar-refractivity contribution < 1.29 is 0 Å². The second-order valence-corrected chi connectivity index (χ2v) is 17.3. The van der Waals surface area contributed by atoms with Gasteiger partial charge in [-0.15, -0.1) is 0 Å². The van der Waals surface area contributed by atoms with Crippen LogP contribution >= 0.6 is 0 Å². The second-order valence-electron chi connectivity index (χ2n) is 17.3. The Hall–Kier alpha value is -8.07. The normalized spacial score (nSPS) is 14.3. The first kappa shape index (κ1) is 34.6. The molecule has 9 aromatic carbocycles. The van der Waals surface area contributed by atoms with Crippen molar-refractivity contribution in [2.24, 2.45) is 0 Å². The summed E-state index contributed by atoms with van der Waals surface area (Å²) < 4.78 is 2.44. The third-order valence-electron chi connectivity index (χ3n) is 14.5. The van der Waals surface area contributed by atoms with Crippen LogP contribution in [0.5, 0.6) is 0 Å². The summed E-state index contributed by atoms with van der Waals surface area (Å²) in [6, 6.07) is 85.9. The molecule has 2 heterocycles. The van der Waals surface area contributed by atoms with Crippen molar-refractivity contribution in [1.82, 2.24) is 9.55 Å². The summed E-state index contributed by atoms with van der Waals surface area (Å²) in [5.74, 6) is 0.894. The number of para-hydroxylation sites is 1. The summed E-state index contributed by atoms with van der Waals surface area (Å²) in [5, 5.41) is 2.42. The number of fused-ring (bicyclic) bond motifs is 19. The molecule has 0 amide bonds. The third-order valence-corrected chi connectivity index (χ3v) is 14.5. The summed E-state index contributed by atoms with van der Waals surface area (Å²) in [7, 11) is 0. The lowest BCUT2D eigenvalue weighted by atomic mass is 9.52. The standard InChI is InChI=1S/C61H38N2/c1-3-19-39(20-4-1)41-35-56(40-21-5-2-6-22-40)62-59(36-41)63-57-34-18-11-27-46(57)47-37-54-55(38-58(47)63)61(50-30-14-9-25-44(50)45-26-10-15-31-51(45)61)53-33-17-16-32-52(53)60(54)48-28-12-7-23-42(48)43-24-8-13-29-49(43)60/h1-38H. The van der Waals surface area contributed by atoms with E-state index in [1.54, 1.807) is 0 Å². The molecule has 0 saturated heterocycles. The molecule has 292 valence electrons. The summed E-state index contributed by atoms with van der Waals surface area (Å²) >= 11 is 0. The Balaban J connectivity index is 1.19. The molecule has 63 heavy (non-hydrogen) atoms. The SMILES string of the molecule is c1ccc(-c2cc(-c3ccccc3)nc(-n3c4ccccc4c4cc5c(cc43)C3(c4ccccc4-c4ccccc43)c3ccccc3C53c4ccccc4-c4ccccc43)c2)cc1. The minimum atomic E-state index is -0.596. The Labute approximate surface area is 366 Å². The van der Waals surface area contributed by atoms with Gasteiger partial charge in [0.2, 0.25) is 0 Å². The molecular weight excluding hydrogens is 761 g/mol. The van der Waals surface area contributed by atoms with Crippen molar-refractivity contribution in [2.45, 2.75) is 10.8 Å². The Kier molecular flexibility index (Phi) is 7.00. The number of aromatic nitrogens is 2. The number of benzene rings is 9. The largest absolute Gasteiger partial charge is 0.294 e. The molecule has 0 bridgehead atoms. The first-order valence-corrected chi connectivity index (χ1v) is 22.0. The third kappa shape index (κ3) is 4.39. The number of hydrogen-bond acceptors (Lipinski definition) is 1. The highest BCUT2D eigenvalue weighted by Gasteiger charge is 2.59. The molecule has 2 nitrogen and oxygen atoms in total. The van der Waals surface area contributed by atoms with Crippen LogP contribution in [0.2, 0.25) is 0 Å². The molecule has 2 aromatic heterocycles. The molecule has 0 saturated carbocycles. The van der Waals surface area contributed by atoms with Gasteiger partial charge >= 0.3 is 0 Å². The molecular formula is C61H38N2. The maximum absolute atomic E-state index is 5.57. The average Bonchev–Trinajstić information content (AvgIpc) is 3.96. The van der Waals surface area contributed by atoms with Crippen LogP contribution in [0.15, 0.2) is 231 Å². The lowest BCUT2D eigenvalue weighted by Gasteiger charge is -2.49. The average molecular weight is 799 g/mol. The van der Waals surface area contributed by atoms with Gasteiger partial charge in [0.05, 0.1) is 27.6 Å². The van der Waals surface area contributed by atoms with E-state index in [-0.39, 0.29) is 0 Å². The maximum Gasteiger partial charge on any atom is 0.138 e. The van der Waals surface area contributed by atoms with Gasteiger partial charge in [-0.05, 0) is 108 Å². The highest BCUT2D eigenvalue weighted by molar-refractivity contribution is 6.11. The van der Waals surface area contributed by atoms with Crippen LogP contribution in [0, 0.1) is 0 Å². The fraction of sp³-hybridized carbons (Fsp3) is 0.0328. The molecule has 0 fully saturated rings. The van der Waals surface area contributed by atoms with E-state index in [0.717, 1.165) is 39.2 Å². The molecule has 11 aromatic rings. The number of hydrogen-bond donors (Lipinski definition) is 0. The summed E-state index contributed by atoms with van der Waals surface area (Å²) in [5.41, 5.74) is 21.3. The van der Waals surface area contributed by atoms with Crippen LogP contribution in [-0.4, -0.2) is 9.55 Å². The van der Waals surface area contributed by atoms with Crippen molar-refractivity contribution in [1.29, 1.82) is 0 Å². The zero-order chi connectivity index (χ0) is 41.3. The molecule has 3 aliphatic carbocycles. The molecule has 14 rings (SSSR count). The van der Waals surface area contributed by atoms with E-state index < -0.39 is 10.8 Å². The summed E-state index contributed by atoms with van der Waals surface area (Å²) in [6.45, 7) is 0. The van der Waals surface area contributed by atoms with Gasteiger partial charge in [0, 0.05) is 16.3 Å². The minimum Gasteiger partial charge on any atom is -0.294 e. The summed E-state index contributed by atoms with van der Waals surface area (Å²) in [6.07, 6.45) is 0. The second kappa shape index (κ2) is 12.7. The van der Waals surface area contributed by atoms with Gasteiger partial charge in [0.25, 0.3) is 0 Å². The smallest absolute Gasteiger partial charge is 0.138 e. The Morgan fingerprint density at radius 1 is 0.286 bits per heavy atom. The highest BCUT2D eigenvalue weighted by Crippen LogP contribution is 2.68. The van der Waals surface area contributed by atoms with Gasteiger partial charge in [-0.1, -0.05) is 200 Å². The van der Waals surface area contributed by atoms with E-state index in [1.807, 2.05) is 0 Å². The predicted molar refractivity (Wildman–Crippen MR) is 258 cm³/mol. The first-order chi connectivity index (χ1) is 31.3. The fourth-order valence-electron chi connectivity index (χ4n) is 12.1. The first-order valence-electron chi connectivity index (χ1n) is 22.0.